The lowest BCUT2D eigenvalue weighted by atomic mass is 9.82. The summed E-state index contributed by atoms with van der Waals surface area (Å²) in [7, 11) is 0. The largest absolute Gasteiger partial charge is 0.453 e. The van der Waals surface area contributed by atoms with Gasteiger partial charge < -0.3 is 14.4 Å². The van der Waals surface area contributed by atoms with E-state index < -0.39 is 0 Å². The van der Waals surface area contributed by atoms with Crippen molar-refractivity contribution in [2.45, 2.75) is 19.3 Å². The molecule has 0 radical (unpaired) electrons. The molecule has 10 aromatic carbocycles. The van der Waals surface area contributed by atoms with Crippen molar-refractivity contribution in [3.05, 3.63) is 242 Å². The number of para-hydroxylation sites is 4. The third-order valence-electron chi connectivity index (χ3n) is 13.8. The number of hydrogen-bond acceptors (Lipinski definition) is 4. The molecule has 2 aliphatic heterocycles. The van der Waals surface area contributed by atoms with Crippen molar-refractivity contribution in [3.63, 3.8) is 0 Å². The quantitative estimate of drug-likeness (QED) is 0.159. The van der Waals surface area contributed by atoms with Crippen molar-refractivity contribution < 1.29 is 9.47 Å². The van der Waals surface area contributed by atoms with Gasteiger partial charge in [0.1, 0.15) is 5.69 Å². The molecular formula is C63H44N2O2. The van der Waals surface area contributed by atoms with Gasteiger partial charge in [-0.1, -0.05) is 166 Å². The maximum absolute atomic E-state index is 6.57. The summed E-state index contributed by atoms with van der Waals surface area (Å²) in [6, 6.07) is 82.6. The van der Waals surface area contributed by atoms with Gasteiger partial charge in [0, 0.05) is 22.5 Å². The van der Waals surface area contributed by atoms with Crippen molar-refractivity contribution in [1.82, 2.24) is 0 Å². The second kappa shape index (κ2) is 15.3. The minimum atomic E-state index is -0.105. The summed E-state index contributed by atoms with van der Waals surface area (Å²) in [6.07, 6.45) is 0. The van der Waals surface area contributed by atoms with E-state index in [1.807, 2.05) is 36.4 Å². The van der Waals surface area contributed by atoms with Crippen LogP contribution >= 0.6 is 0 Å². The van der Waals surface area contributed by atoms with Gasteiger partial charge in [0.05, 0.1) is 11.4 Å². The molecule has 0 saturated heterocycles. The van der Waals surface area contributed by atoms with E-state index in [1.165, 1.54) is 33.4 Å². The molecule has 67 heavy (non-hydrogen) atoms. The minimum Gasteiger partial charge on any atom is -0.453 e. The van der Waals surface area contributed by atoms with Crippen molar-refractivity contribution in [3.8, 4) is 78.6 Å². The summed E-state index contributed by atoms with van der Waals surface area (Å²) in [5.74, 6) is 3.18. The Hall–Kier alpha value is -8.60. The molecule has 0 atom stereocenters. The molecule has 0 fully saturated rings. The van der Waals surface area contributed by atoms with E-state index in [1.54, 1.807) is 0 Å². The lowest BCUT2D eigenvalue weighted by molar-refractivity contribution is 0.446. The summed E-state index contributed by atoms with van der Waals surface area (Å²) >= 11 is 0. The molecule has 13 rings (SSSR count). The van der Waals surface area contributed by atoms with Gasteiger partial charge in [0.15, 0.2) is 23.0 Å². The van der Waals surface area contributed by atoms with Crippen molar-refractivity contribution in [2.24, 2.45) is 0 Å². The van der Waals surface area contributed by atoms with Crippen LogP contribution in [0.1, 0.15) is 25.0 Å². The minimum absolute atomic E-state index is 0.105. The first-order chi connectivity index (χ1) is 32.9. The van der Waals surface area contributed by atoms with Crippen LogP contribution in [0.25, 0.3) is 55.6 Å². The molecule has 0 spiro atoms. The normalized spacial score (nSPS) is 13.3. The number of ether oxygens (including phenoxy) is 2. The monoisotopic (exact) mass is 860 g/mol. The molecule has 0 aromatic heterocycles. The standard InChI is InChI=1S/C63H44N2O2/c1-63(2)54-18-7-6-17-52(54)53-36-35-51(40-55(53)63)64(49-31-27-43(28-32-49)41-13-4-3-5-14-41)50-33-29-44(30-34-50)42-23-25-45(26-24-42)46-15-12-16-47(37-46)48-38-60-62-61(39-48)67-59-22-11-9-20-57(59)65(62)56-19-8-10-21-58(56)66-60/h3-40H,1-2H3. The number of rotatable bonds is 7. The second-order valence-electron chi connectivity index (χ2n) is 18.1. The molecule has 0 saturated carbocycles. The van der Waals surface area contributed by atoms with Crippen LogP contribution in [-0.2, 0) is 5.41 Å². The van der Waals surface area contributed by atoms with Gasteiger partial charge in [-0.15, -0.1) is 0 Å². The summed E-state index contributed by atoms with van der Waals surface area (Å²) in [4.78, 5) is 4.64. The van der Waals surface area contributed by atoms with Crippen LogP contribution in [0.5, 0.6) is 23.0 Å². The second-order valence-corrected chi connectivity index (χ2v) is 18.1. The average Bonchev–Trinajstić information content (AvgIpc) is 3.62. The smallest absolute Gasteiger partial charge is 0.156 e. The molecule has 2 heterocycles. The molecule has 0 bridgehead atoms. The van der Waals surface area contributed by atoms with Gasteiger partial charge in [-0.3, -0.25) is 4.90 Å². The fraction of sp³-hybridized carbons (Fsp3) is 0.0476. The Morgan fingerprint density at radius 1 is 0.328 bits per heavy atom. The molecule has 0 N–H and O–H groups in total. The van der Waals surface area contributed by atoms with E-state index in [2.05, 4.69) is 218 Å². The number of benzene rings is 10. The molecular weight excluding hydrogens is 817 g/mol. The van der Waals surface area contributed by atoms with Crippen molar-refractivity contribution >= 4 is 34.1 Å². The van der Waals surface area contributed by atoms with Gasteiger partial charge in [-0.05, 0) is 146 Å². The number of nitrogens with zero attached hydrogens (tertiary/aromatic N) is 2. The lowest BCUT2D eigenvalue weighted by Crippen LogP contribution is -2.20. The van der Waals surface area contributed by atoms with Crippen LogP contribution in [-0.4, -0.2) is 0 Å². The average molecular weight is 861 g/mol. The van der Waals surface area contributed by atoms with Crippen LogP contribution in [0.2, 0.25) is 0 Å². The Bertz CT molecular complexity index is 3470. The summed E-state index contributed by atoms with van der Waals surface area (Å²) < 4.78 is 13.1. The highest BCUT2D eigenvalue weighted by Crippen LogP contribution is 2.60. The SMILES string of the molecule is CC1(C)c2ccccc2-c2ccc(N(c3ccc(-c4ccccc4)cc3)c3ccc(-c4ccc(-c5cccc(-c6cc7c8c(c6)Oc6ccccc6N8c6ccccc6O7)c5)cc4)cc3)cc21. The maximum Gasteiger partial charge on any atom is 0.156 e. The van der Waals surface area contributed by atoms with Gasteiger partial charge in [0.2, 0.25) is 0 Å². The summed E-state index contributed by atoms with van der Waals surface area (Å²) in [6.45, 7) is 4.69. The van der Waals surface area contributed by atoms with Crippen LogP contribution in [0.15, 0.2) is 231 Å². The summed E-state index contributed by atoms with van der Waals surface area (Å²) in [5.41, 5.74) is 20.7. The zero-order valence-corrected chi connectivity index (χ0v) is 37.2. The van der Waals surface area contributed by atoms with Gasteiger partial charge in [-0.25, -0.2) is 0 Å². The fourth-order valence-electron chi connectivity index (χ4n) is 10.4. The Morgan fingerprint density at radius 3 is 1.39 bits per heavy atom. The van der Waals surface area contributed by atoms with E-state index >= 15 is 0 Å². The zero-order valence-electron chi connectivity index (χ0n) is 37.2. The molecule has 10 aromatic rings. The fourth-order valence-corrected chi connectivity index (χ4v) is 10.4. The Balaban J connectivity index is 0.807. The topological polar surface area (TPSA) is 24.9 Å². The molecule has 3 aliphatic rings. The Morgan fingerprint density at radius 2 is 0.776 bits per heavy atom. The van der Waals surface area contributed by atoms with E-state index in [-0.39, 0.29) is 5.41 Å². The Kier molecular flexibility index (Phi) is 8.84. The van der Waals surface area contributed by atoms with Gasteiger partial charge >= 0.3 is 0 Å². The number of anilines is 6. The maximum atomic E-state index is 6.57. The zero-order chi connectivity index (χ0) is 44.6. The van der Waals surface area contributed by atoms with E-state index in [4.69, 9.17) is 9.47 Å². The lowest BCUT2D eigenvalue weighted by Gasteiger charge is -2.38. The van der Waals surface area contributed by atoms with Gasteiger partial charge in [0.25, 0.3) is 0 Å². The van der Waals surface area contributed by atoms with Crippen LogP contribution < -0.4 is 19.3 Å². The van der Waals surface area contributed by atoms with E-state index in [0.29, 0.717) is 0 Å². The first-order valence-electron chi connectivity index (χ1n) is 23.0. The molecule has 1 aliphatic carbocycles. The molecule has 4 nitrogen and oxygen atoms in total. The molecule has 0 amide bonds. The van der Waals surface area contributed by atoms with Crippen LogP contribution in [0.4, 0.5) is 34.1 Å². The highest BCUT2D eigenvalue weighted by molar-refractivity contribution is 5.95. The predicted octanol–water partition coefficient (Wildman–Crippen LogP) is 17.8. The summed E-state index contributed by atoms with van der Waals surface area (Å²) in [5, 5.41) is 0. The number of hydrogen-bond donors (Lipinski definition) is 0. The van der Waals surface area contributed by atoms with Crippen molar-refractivity contribution in [2.75, 3.05) is 9.80 Å². The number of fused-ring (bicyclic) bond motifs is 7. The van der Waals surface area contributed by atoms with Crippen LogP contribution in [0.3, 0.4) is 0 Å². The highest BCUT2D eigenvalue weighted by atomic mass is 16.5. The third-order valence-corrected chi connectivity index (χ3v) is 13.8. The highest BCUT2D eigenvalue weighted by Gasteiger charge is 2.37. The molecule has 0 unspecified atom stereocenters. The van der Waals surface area contributed by atoms with E-state index in [9.17, 15) is 0 Å². The van der Waals surface area contributed by atoms with Crippen LogP contribution in [0, 0.1) is 0 Å². The first kappa shape index (κ1) is 38.8. The molecule has 318 valence electrons. The molecule has 4 heteroatoms. The van der Waals surface area contributed by atoms with E-state index in [0.717, 1.165) is 90.5 Å². The Labute approximate surface area is 391 Å². The van der Waals surface area contributed by atoms with Gasteiger partial charge in [-0.2, -0.15) is 0 Å². The predicted molar refractivity (Wildman–Crippen MR) is 275 cm³/mol. The first-order valence-corrected chi connectivity index (χ1v) is 23.0. The third kappa shape index (κ3) is 6.44. The van der Waals surface area contributed by atoms with Crippen molar-refractivity contribution in [1.29, 1.82) is 0 Å².